The van der Waals surface area contributed by atoms with Crippen LogP contribution in [-0.2, 0) is 4.79 Å². The van der Waals surface area contributed by atoms with Crippen LogP contribution in [0.15, 0.2) is 18.2 Å². The molecule has 3 heteroatoms. The third-order valence-corrected chi connectivity index (χ3v) is 3.78. The molecule has 1 aromatic carbocycles. The summed E-state index contributed by atoms with van der Waals surface area (Å²) in [5.41, 5.74) is 1.38. The predicted molar refractivity (Wildman–Crippen MR) is 82.4 cm³/mol. The summed E-state index contributed by atoms with van der Waals surface area (Å²) in [6, 6.07) is 4.95. The van der Waals surface area contributed by atoms with Gasteiger partial charge in [-0.2, -0.15) is 0 Å². The molecule has 2 atom stereocenters. The lowest BCUT2D eigenvalue weighted by Gasteiger charge is -2.32. The number of anilines is 1. The molecule has 0 saturated carbocycles. The highest BCUT2D eigenvalue weighted by Gasteiger charge is 2.27. The fraction of sp³-hybridized carbons (Fsp3) is 0.588. The van der Waals surface area contributed by atoms with E-state index in [9.17, 15) is 9.18 Å². The van der Waals surface area contributed by atoms with Crippen molar-refractivity contribution in [1.29, 1.82) is 0 Å². The van der Waals surface area contributed by atoms with Crippen molar-refractivity contribution >= 4 is 11.6 Å². The SMILES string of the molecule is CCCC(C)N(C(=O)C(C)CC)c1cc(C)ccc1F. The summed E-state index contributed by atoms with van der Waals surface area (Å²) < 4.78 is 14.2. The van der Waals surface area contributed by atoms with E-state index in [1.165, 1.54) is 6.07 Å². The summed E-state index contributed by atoms with van der Waals surface area (Å²) >= 11 is 0. The molecule has 112 valence electrons. The number of carbonyl (C=O) groups is 1. The Morgan fingerprint density at radius 2 is 1.95 bits per heavy atom. The first-order valence-corrected chi connectivity index (χ1v) is 7.51. The van der Waals surface area contributed by atoms with Gasteiger partial charge in [0.1, 0.15) is 5.82 Å². The fourth-order valence-corrected chi connectivity index (χ4v) is 2.34. The van der Waals surface area contributed by atoms with Crippen LogP contribution in [0.5, 0.6) is 0 Å². The van der Waals surface area contributed by atoms with Crippen LogP contribution in [0.3, 0.4) is 0 Å². The molecule has 0 aromatic heterocycles. The third kappa shape index (κ3) is 3.81. The highest BCUT2D eigenvalue weighted by atomic mass is 19.1. The molecule has 0 heterocycles. The summed E-state index contributed by atoms with van der Waals surface area (Å²) in [6.45, 7) is 9.87. The number of aryl methyl sites for hydroxylation is 1. The lowest BCUT2D eigenvalue weighted by molar-refractivity contribution is -0.122. The van der Waals surface area contributed by atoms with Crippen LogP contribution in [0.2, 0.25) is 0 Å². The molecule has 1 aromatic rings. The zero-order valence-corrected chi connectivity index (χ0v) is 13.2. The van der Waals surface area contributed by atoms with Crippen molar-refractivity contribution < 1.29 is 9.18 Å². The molecule has 0 radical (unpaired) electrons. The van der Waals surface area contributed by atoms with Crippen LogP contribution in [0.25, 0.3) is 0 Å². The van der Waals surface area contributed by atoms with E-state index in [1.807, 2.05) is 27.7 Å². The predicted octanol–water partition coefficient (Wildman–Crippen LogP) is 4.70. The van der Waals surface area contributed by atoms with Crippen LogP contribution in [0.1, 0.15) is 52.5 Å². The number of nitrogens with zero attached hydrogens (tertiary/aromatic N) is 1. The molecule has 0 fully saturated rings. The van der Waals surface area contributed by atoms with Crippen molar-refractivity contribution in [2.24, 2.45) is 5.92 Å². The molecule has 0 spiro atoms. The lowest BCUT2D eigenvalue weighted by atomic mass is 10.0. The smallest absolute Gasteiger partial charge is 0.230 e. The molecular formula is C17H26FNO. The quantitative estimate of drug-likeness (QED) is 0.739. The van der Waals surface area contributed by atoms with Gasteiger partial charge in [-0.15, -0.1) is 0 Å². The minimum absolute atomic E-state index is 0.0119. The lowest BCUT2D eigenvalue weighted by Crippen LogP contribution is -2.42. The monoisotopic (exact) mass is 279 g/mol. The molecule has 2 nitrogen and oxygen atoms in total. The molecule has 1 rings (SSSR count). The number of rotatable bonds is 6. The van der Waals surface area contributed by atoms with Gasteiger partial charge < -0.3 is 4.90 Å². The summed E-state index contributed by atoms with van der Waals surface area (Å²) in [5.74, 6) is -0.401. The Hall–Kier alpha value is -1.38. The highest BCUT2D eigenvalue weighted by molar-refractivity contribution is 5.95. The zero-order chi connectivity index (χ0) is 15.3. The highest BCUT2D eigenvalue weighted by Crippen LogP contribution is 2.26. The van der Waals surface area contributed by atoms with Gasteiger partial charge in [-0.3, -0.25) is 4.79 Å². The molecular weight excluding hydrogens is 253 g/mol. The maximum atomic E-state index is 14.2. The van der Waals surface area contributed by atoms with Crippen molar-refractivity contribution in [3.8, 4) is 0 Å². The Kier molecular flexibility index (Phi) is 6.18. The average Bonchev–Trinajstić information content (AvgIpc) is 2.42. The van der Waals surface area contributed by atoms with Gasteiger partial charge in [-0.25, -0.2) is 4.39 Å². The largest absolute Gasteiger partial charge is 0.307 e. The van der Waals surface area contributed by atoms with Gasteiger partial charge in [0.2, 0.25) is 5.91 Å². The standard InChI is InChI=1S/C17H26FNO/c1-6-8-14(5)19(17(20)13(4)7-2)16-11-12(3)9-10-15(16)18/h9-11,13-14H,6-8H2,1-5H3. The van der Waals surface area contributed by atoms with Crippen LogP contribution in [0.4, 0.5) is 10.1 Å². The van der Waals surface area contributed by atoms with E-state index < -0.39 is 0 Å². The van der Waals surface area contributed by atoms with Crippen molar-refractivity contribution in [3.63, 3.8) is 0 Å². The molecule has 0 aliphatic carbocycles. The number of halogens is 1. The fourth-order valence-electron chi connectivity index (χ4n) is 2.34. The zero-order valence-electron chi connectivity index (χ0n) is 13.2. The van der Waals surface area contributed by atoms with Gasteiger partial charge in [0.25, 0.3) is 0 Å². The Morgan fingerprint density at radius 1 is 1.30 bits per heavy atom. The van der Waals surface area contributed by atoms with Gasteiger partial charge in [-0.1, -0.05) is 33.3 Å². The summed E-state index contributed by atoms with van der Waals surface area (Å²) in [6.07, 6.45) is 2.61. The van der Waals surface area contributed by atoms with Crippen molar-refractivity contribution in [2.45, 2.75) is 59.9 Å². The molecule has 0 bridgehead atoms. The first-order valence-electron chi connectivity index (χ1n) is 7.51. The third-order valence-electron chi connectivity index (χ3n) is 3.78. The van der Waals surface area contributed by atoms with Crippen LogP contribution < -0.4 is 4.90 Å². The topological polar surface area (TPSA) is 20.3 Å². The molecule has 0 aliphatic rings. The van der Waals surface area contributed by atoms with Crippen LogP contribution in [-0.4, -0.2) is 11.9 Å². The summed E-state index contributed by atoms with van der Waals surface area (Å²) in [4.78, 5) is 14.3. The van der Waals surface area contributed by atoms with E-state index >= 15 is 0 Å². The van der Waals surface area contributed by atoms with Crippen molar-refractivity contribution in [3.05, 3.63) is 29.6 Å². The van der Waals surface area contributed by atoms with E-state index in [0.717, 1.165) is 24.8 Å². The van der Waals surface area contributed by atoms with Crippen LogP contribution in [0, 0.1) is 18.7 Å². The maximum absolute atomic E-state index is 14.2. The number of amides is 1. The maximum Gasteiger partial charge on any atom is 0.230 e. The first kappa shape index (κ1) is 16.7. The second-order valence-electron chi connectivity index (χ2n) is 5.61. The van der Waals surface area contributed by atoms with Gasteiger partial charge in [0.05, 0.1) is 5.69 Å². The van der Waals surface area contributed by atoms with E-state index in [2.05, 4.69) is 6.92 Å². The average molecular weight is 279 g/mol. The Morgan fingerprint density at radius 3 is 2.50 bits per heavy atom. The second-order valence-corrected chi connectivity index (χ2v) is 5.61. The minimum Gasteiger partial charge on any atom is -0.307 e. The molecule has 2 unspecified atom stereocenters. The normalized spacial score (nSPS) is 13.9. The number of carbonyl (C=O) groups excluding carboxylic acids is 1. The summed E-state index contributed by atoms with van der Waals surface area (Å²) in [5, 5.41) is 0. The second kappa shape index (κ2) is 7.41. The van der Waals surface area contributed by atoms with Crippen molar-refractivity contribution in [1.82, 2.24) is 0 Å². The molecule has 0 N–H and O–H groups in total. The Bertz CT molecular complexity index is 458. The minimum atomic E-state index is -0.324. The number of benzene rings is 1. The molecule has 0 saturated heterocycles. The van der Waals surface area contributed by atoms with E-state index in [0.29, 0.717) is 5.69 Å². The Labute approximate surface area is 122 Å². The molecule has 0 aliphatic heterocycles. The summed E-state index contributed by atoms with van der Waals surface area (Å²) in [7, 11) is 0. The van der Waals surface area contributed by atoms with E-state index in [-0.39, 0.29) is 23.7 Å². The van der Waals surface area contributed by atoms with Gasteiger partial charge >= 0.3 is 0 Å². The molecule has 1 amide bonds. The van der Waals surface area contributed by atoms with Gasteiger partial charge in [-0.05, 0) is 44.4 Å². The van der Waals surface area contributed by atoms with Gasteiger partial charge in [0, 0.05) is 12.0 Å². The van der Waals surface area contributed by atoms with E-state index in [1.54, 1.807) is 17.0 Å². The Balaban J connectivity index is 3.22. The number of hydrogen-bond donors (Lipinski definition) is 0. The van der Waals surface area contributed by atoms with Gasteiger partial charge in [0.15, 0.2) is 0 Å². The first-order chi connectivity index (χ1) is 9.42. The van der Waals surface area contributed by atoms with E-state index in [4.69, 9.17) is 0 Å². The van der Waals surface area contributed by atoms with Crippen LogP contribution >= 0.6 is 0 Å². The van der Waals surface area contributed by atoms with Crippen molar-refractivity contribution in [2.75, 3.05) is 4.90 Å². The molecule has 20 heavy (non-hydrogen) atoms. The number of hydrogen-bond acceptors (Lipinski definition) is 1.